The van der Waals surface area contributed by atoms with Gasteiger partial charge in [0.25, 0.3) is 5.91 Å². The minimum atomic E-state index is -0.521. The summed E-state index contributed by atoms with van der Waals surface area (Å²) < 4.78 is 13.4. The lowest BCUT2D eigenvalue weighted by Gasteiger charge is -2.10. The van der Waals surface area contributed by atoms with Crippen molar-refractivity contribution in [3.05, 3.63) is 51.5 Å². The molecule has 0 aliphatic rings. The van der Waals surface area contributed by atoms with Crippen LogP contribution in [0.4, 0.5) is 15.8 Å². The van der Waals surface area contributed by atoms with Crippen molar-refractivity contribution in [1.29, 1.82) is 0 Å². The van der Waals surface area contributed by atoms with E-state index in [0.717, 1.165) is 6.07 Å². The standard InChI is InChI=1S/C12H8BrClFN3O/c13-7-4-6(15)5-8(14)10(7)18-12(19)11-9(16)2-1-3-17-11/h1-5H,16H2,(H,18,19). The number of anilines is 2. The molecule has 0 saturated carbocycles. The monoisotopic (exact) mass is 343 g/mol. The van der Waals surface area contributed by atoms with E-state index in [0.29, 0.717) is 4.47 Å². The fraction of sp³-hybridized carbons (Fsp3) is 0. The zero-order valence-electron chi connectivity index (χ0n) is 9.45. The number of benzene rings is 1. The Bertz CT molecular complexity index is 628. The number of hydrogen-bond donors (Lipinski definition) is 2. The Morgan fingerprint density at radius 2 is 2.21 bits per heavy atom. The molecule has 0 aliphatic heterocycles. The van der Waals surface area contributed by atoms with Crippen LogP contribution in [0.1, 0.15) is 10.5 Å². The first-order valence-electron chi connectivity index (χ1n) is 5.15. The first-order chi connectivity index (χ1) is 8.99. The summed E-state index contributed by atoms with van der Waals surface area (Å²) in [6.45, 7) is 0. The van der Waals surface area contributed by atoms with Gasteiger partial charge < -0.3 is 11.1 Å². The van der Waals surface area contributed by atoms with Crippen molar-refractivity contribution in [3.8, 4) is 0 Å². The average molecular weight is 345 g/mol. The number of carbonyl (C=O) groups excluding carboxylic acids is 1. The van der Waals surface area contributed by atoms with Gasteiger partial charge in [-0.15, -0.1) is 0 Å². The number of hydrogen-bond acceptors (Lipinski definition) is 3. The maximum absolute atomic E-state index is 13.1. The molecule has 0 unspecified atom stereocenters. The van der Waals surface area contributed by atoms with Crippen molar-refractivity contribution in [2.24, 2.45) is 0 Å². The summed E-state index contributed by atoms with van der Waals surface area (Å²) in [6.07, 6.45) is 1.45. The Morgan fingerprint density at radius 3 is 2.84 bits per heavy atom. The van der Waals surface area contributed by atoms with Crippen LogP contribution in [0.2, 0.25) is 5.02 Å². The summed E-state index contributed by atoms with van der Waals surface area (Å²) in [5, 5.41) is 2.61. The number of nitrogen functional groups attached to an aromatic ring is 1. The highest BCUT2D eigenvalue weighted by Crippen LogP contribution is 2.32. The predicted molar refractivity (Wildman–Crippen MR) is 75.7 cm³/mol. The molecule has 0 saturated heterocycles. The van der Waals surface area contributed by atoms with E-state index in [9.17, 15) is 9.18 Å². The van der Waals surface area contributed by atoms with Gasteiger partial charge in [0.05, 0.1) is 16.4 Å². The Labute approximate surface area is 121 Å². The second-order valence-electron chi connectivity index (χ2n) is 3.64. The van der Waals surface area contributed by atoms with E-state index >= 15 is 0 Å². The van der Waals surface area contributed by atoms with Gasteiger partial charge in [0, 0.05) is 10.7 Å². The van der Waals surface area contributed by atoms with Crippen LogP contribution in [0, 0.1) is 5.82 Å². The smallest absolute Gasteiger partial charge is 0.276 e. The third-order valence-corrected chi connectivity index (χ3v) is 3.22. The van der Waals surface area contributed by atoms with Gasteiger partial charge >= 0.3 is 0 Å². The second kappa shape index (κ2) is 5.54. The number of pyridine rings is 1. The van der Waals surface area contributed by atoms with E-state index in [4.69, 9.17) is 17.3 Å². The quantitative estimate of drug-likeness (QED) is 0.876. The molecule has 0 aliphatic carbocycles. The minimum Gasteiger partial charge on any atom is -0.397 e. The van der Waals surface area contributed by atoms with Gasteiger partial charge in [-0.3, -0.25) is 4.79 Å². The molecule has 7 heteroatoms. The van der Waals surface area contributed by atoms with Crippen LogP contribution in [0.5, 0.6) is 0 Å². The summed E-state index contributed by atoms with van der Waals surface area (Å²) in [5.41, 5.74) is 6.23. The van der Waals surface area contributed by atoms with E-state index in [-0.39, 0.29) is 22.1 Å². The number of nitrogens with one attached hydrogen (secondary N) is 1. The highest BCUT2D eigenvalue weighted by atomic mass is 79.9. The first-order valence-corrected chi connectivity index (χ1v) is 6.32. The van der Waals surface area contributed by atoms with Crippen LogP contribution < -0.4 is 11.1 Å². The van der Waals surface area contributed by atoms with Crippen molar-refractivity contribution in [1.82, 2.24) is 4.98 Å². The molecule has 98 valence electrons. The van der Waals surface area contributed by atoms with Crippen molar-refractivity contribution in [2.45, 2.75) is 0 Å². The summed E-state index contributed by atoms with van der Waals surface area (Å²) in [7, 11) is 0. The Balaban J connectivity index is 2.32. The third-order valence-electron chi connectivity index (χ3n) is 2.30. The molecule has 1 heterocycles. The topological polar surface area (TPSA) is 68.0 Å². The van der Waals surface area contributed by atoms with Crippen LogP contribution in [-0.2, 0) is 0 Å². The van der Waals surface area contributed by atoms with E-state index in [2.05, 4.69) is 26.2 Å². The largest absolute Gasteiger partial charge is 0.397 e. The summed E-state index contributed by atoms with van der Waals surface area (Å²) in [5.74, 6) is -1.03. The lowest BCUT2D eigenvalue weighted by molar-refractivity contribution is 0.102. The molecule has 0 radical (unpaired) electrons. The Hall–Kier alpha value is -1.66. The van der Waals surface area contributed by atoms with Gasteiger partial charge in [0.1, 0.15) is 5.82 Å². The Kier molecular flexibility index (Phi) is 4.01. The molecule has 0 spiro atoms. The molecule has 0 atom stereocenters. The number of nitrogens with two attached hydrogens (primary N) is 1. The molecular formula is C12H8BrClFN3O. The molecule has 3 N–H and O–H groups in total. The fourth-order valence-corrected chi connectivity index (χ4v) is 2.34. The van der Waals surface area contributed by atoms with Crippen LogP contribution in [0.15, 0.2) is 34.9 Å². The highest BCUT2D eigenvalue weighted by Gasteiger charge is 2.15. The highest BCUT2D eigenvalue weighted by molar-refractivity contribution is 9.10. The number of amides is 1. The van der Waals surface area contributed by atoms with Gasteiger partial charge in [0.15, 0.2) is 5.69 Å². The molecule has 1 aromatic heterocycles. The normalized spacial score (nSPS) is 10.3. The second-order valence-corrected chi connectivity index (χ2v) is 4.90. The van der Waals surface area contributed by atoms with E-state index < -0.39 is 11.7 Å². The summed E-state index contributed by atoms with van der Waals surface area (Å²) in [4.78, 5) is 15.9. The summed E-state index contributed by atoms with van der Waals surface area (Å²) >= 11 is 9.00. The molecule has 19 heavy (non-hydrogen) atoms. The molecular weight excluding hydrogens is 337 g/mol. The Morgan fingerprint density at radius 1 is 1.47 bits per heavy atom. The van der Waals surface area contributed by atoms with E-state index in [1.807, 2.05) is 0 Å². The van der Waals surface area contributed by atoms with E-state index in [1.165, 1.54) is 12.3 Å². The maximum atomic E-state index is 13.1. The van der Waals surface area contributed by atoms with Crippen molar-refractivity contribution in [2.75, 3.05) is 11.1 Å². The number of rotatable bonds is 2. The van der Waals surface area contributed by atoms with E-state index in [1.54, 1.807) is 12.1 Å². The molecule has 2 aromatic rings. The SMILES string of the molecule is Nc1cccnc1C(=O)Nc1c(Cl)cc(F)cc1Br. The first kappa shape index (κ1) is 13.8. The van der Waals surface area contributed by atoms with Gasteiger partial charge in [0.2, 0.25) is 0 Å². The van der Waals surface area contributed by atoms with Crippen LogP contribution >= 0.6 is 27.5 Å². The average Bonchev–Trinajstić information content (AvgIpc) is 2.34. The lowest BCUT2D eigenvalue weighted by atomic mass is 10.2. The van der Waals surface area contributed by atoms with Gasteiger partial charge in [-0.2, -0.15) is 0 Å². The molecule has 0 bridgehead atoms. The van der Waals surface area contributed by atoms with Crippen molar-refractivity contribution < 1.29 is 9.18 Å². The van der Waals surface area contributed by atoms with Crippen LogP contribution in [-0.4, -0.2) is 10.9 Å². The van der Waals surface area contributed by atoms with Crippen molar-refractivity contribution >= 4 is 44.8 Å². The number of aromatic nitrogens is 1. The molecule has 4 nitrogen and oxygen atoms in total. The summed E-state index contributed by atoms with van der Waals surface area (Å²) in [6, 6.07) is 5.48. The molecule has 0 fully saturated rings. The van der Waals surface area contributed by atoms with Crippen LogP contribution in [0.25, 0.3) is 0 Å². The van der Waals surface area contributed by atoms with Gasteiger partial charge in [-0.05, 0) is 40.2 Å². The maximum Gasteiger partial charge on any atom is 0.276 e. The number of carbonyl (C=O) groups is 1. The molecule has 1 aromatic carbocycles. The minimum absolute atomic E-state index is 0.0785. The zero-order valence-corrected chi connectivity index (χ0v) is 11.8. The van der Waals surface area contributed by atoms with Gasteiger partial charge in [-0.25, -0.2) is 9.37 Å². The number of nitrogens with zero attached hydrogens (tertiary/aromatic N) is 1. The third kappa shape index (κ3) is 3.02. The fourth-order valence-electron chi connectivity index (χ4n) is 1.44. The lowest BCUT2D eigenvalue weighted by Crippen LogP contribution is -2.16. The zero-order chi connectivity index (χ0) is 14.0. The van der Waals surface area contributed by atoms with Gasteiger partial charge in [-0.1, -0.05) is 11.6 Å². The van der Waals surface area contributed by atoms with Crippen molar-refractivity contribution in [3.63, 3.8) is 0 Å². The molecule has 2 rings (SSSR count). The molecule has 1 amide bonds. The number of halogens is 3. The predicted octanol–water partition coefficient (Wildman–Crippen LogP) is 3.47. The van der Waals surface area contributed by atoms with Crippen LogP contribution in [0.3, 0.4) is 0 Å².